The van der Waals surface area contributed by atoms with Gasteiger partial charge in [-0.2, -0.15) is 0 Å². The summed E-state index contributed by atoms with van der Waals surface area (Å²) in [6.07, 6.45) is 6.17. The number of para-hydroxylation sites is 2. The van der Waals surface area contributed by atoms with Crippen LogP contribution in [0.2, 0.25) is 0 Å². The van der Waals surface area contributed by atoms with Crippen LogP contribution in [-0.4, -0.2) is 25.4 Å². The van der Waals surface area contributed by atoms with Crippen molar-refractivity contribution < 1.29 is 28.5 Å². The monoisotopic (exact) mass is 456 g/mol. The number of benzene rings is 3. The van der Waals surface area contributed by atoms with Crippen LogP contribution in [0.25, 0.3) is 12.2 Å². The minimum Gasteiger partial charge on any atom is -0.454 e. The smallest absolute Gasteiger partial charge is 0.248 e. The van der Waals surface area contributed by atoms with E-state index >= 15 is 0 Å². The Morgan fingerprint density at radius 3 is 1.53 bits per heavy atom. The van der Waals surface area contributed by atoms with E-state index in [1.54, 1.807) is 60.7 Å². The molecule has 2 amide bonds. The number of fused-ring (bicyclic) bond motifs is 2. The number of hydrogen-bond donors (Lipinski definition) is 2. The Morgan fingerprint density at radius 1 is 0.618 bits per heavy atom. The number of carbonyl (C=O) groups is 2. The lowest BCUT2D eigenvalue weighted by molar-refractivity contribution is -0.112. The highest BCUT2D eigenvalue weighted by Crippen LogP contribution is 2.33. The van der Waals surface area contributed by atoms with E-state index in [0.29, 0.717) is 34.4 Å². The molecule has 0 radical (unpaired) electrons. The fraction of sp³-hybridized carbons (Fsp3) is 0.0769. The molecule has 5 rings (SSSR count). The Hall–Kier alpha value is -4.72. The summed E-state index contributed by atoms with van der Waals surface area (Å²) in [5.41, 5.74) is 2.56. The first-order chi connectivity index (χ1) is 16.6. The molecule has 3 aromatic carbocycles. The van der Waals surface area contributed by atoms with Gasteiger partial charge in [0.15, 0.2) is 23.0 Å². The number of ether oxygens (including phenoxy) is 4. The van der Waals surface area contributed by atoms with Crippen LogP contribution >= 0.6 is 0 Å². The molecular weight excluding hydrogens is 436 g/mol. The van der Waals surface area contributed by atoms with E-state index in [9.17, 15) is 9.59 Å². The fourth-order valence-electron chi connectivity index (χ4n) is 3.43. The molecule has 34 heavy (non-hydrogen) atoms. The Bertz CT molecular complexity index is 1210. The molecule has 0 saturated heterocycles. The molecule has 3 aromatic rings. The van der Waals surface area contributed by atoms with Crippen molar-refractivity contribution in [3.8, 4) is 23.0 Å². The third kappa shape index (κ3) is 4.86. The maximum Gasteiger partial charge on any atom is 0.248 e. The van der Waals surface area contributed by atoms with Gasteiger partial charge in [0.2, 0.25) is 25.4 Å². The van der Waals surface area contributed by atoms with Crippen LogP contribution < -0.4 is 29.6 Å². The molecule has 0 atom stereocenters. The summed E-state index contributed by atoms with van der Waals surface area (Å²) in [5.74, 6) is 1.97. The van der Waals surface area contributed by atoms with Crippen molar-refractivity contribution in [1.29, 1.82) is 0 Å². The van der Waals surface area contributed by atoms with Crippen LogP contribution in [0.4, 0.5) is 11.4 Å². The molecule has 2 heterocycles. The van der Waals surface area contributed by atoms with Gasteiger partial charge >= 0.3 is 0 Å². The Kier molecular flexibility index (Phi) is 5.85. The number of hydrogen-bond acceptors (Lipinski definition) is 6. The van der Waals surface area contributed by atoms with E-state index < -0.39 is 0 Å². The zero-order valence-electron chi connectivity index (χ0n) is 17.9. The van der Waals surface area contributed by atoms with Gasteiger partial charge in [-0.3, -0.25) is 9.59 Å². The molecule has 8 nitrogen and oxygen atoms in total. The second-order valence-corrected chi connectivity index (χ2v) is 7.42. The molecular formula is C26H20N2O6. The summed E-state index contributed by atoms with van der Waals surface area (Å²) >= 11 is 0. The second kappa shape index (κ2) is 9.41. The van der Waals surface area contributed by atoms with E-state index in [0.717, 1.165) is 11.1 Å². The van der Waals surface area contributed by atoms with Crippen LogP contribution in [-0.2, 0) is 9.59 Å². The first-order valence-electron chi connectivity index (χ1n) is 10.5. The van der Waals surface area contributed by atoms with Crippen LogP contribution in [0.1, 0.15) is 11.1 Å². The number of carbonyl (C=O) groups excluding carboxylic acids is 2. The van der Waals surface area contributed by atoms with Crippen molar-refractivity contribution in [2.24, 2.45) is 0 Å². The molecule has 0 unspecified atom stereocenters. The molecule has 170 valence electrons. The first-order valence-corrected chi connectivity index (χ1v) is 10.5. The zero-order chi connectivity index (χ0) is 23.3. The highest BCUT2D eigenvalue weighted by molar-refractivity contribution is 6.08. The zero-order valence-corrected chi connectivity index (χ0v) is 17.9. The minimum atomic E-state index is -0.338. The molecule has 8 heteroatoms. The quantitative estimate of drug-likeness (QED) is 0.533. The van der Waals surface area contributed by atoms with Gasteiger partial charge in [-0.15, -0.1) is 0 Å². The third-order valence-electron chi connectivity index (χ3n) is 5.09. The van der Waals surface area contributed by atoms with Crippen LogP contribution in [0, 0.1) is 0 Å². The van der Waals surface area contributed by atoms with E-state index in [1.165, 1.54) is 12.2 Å². The van der Waals surface area contributed by atoms with E-state index in [4.69, 9.17) is 18.9 Å². The number of rotatable bonds is 6. The minimum absolute atomic E-state index is 0.192. The third-order valence-corrected chi connectivity index (χ3v) is 5.09. The van der Waals surface area contributed by atoms with Gasteiger partial charge < -0.3 is 29.6 Å². The summed E-state index contributed by atoms with van der Waals surface area (Å²) in [4.78, 5) is 24.9. The Labute approximate surface area is 195 Å². The van der Waals surface area contributed by atoms with Gasteiger partial charge in [-0.05, 0) is 59.7 Å². The van der Waals surface area contributed by atoms with Crippen molar-refractivity contribution in [2.75, 3.05) is 24.2 Å². The summed E-state index contributed by atoms with van der Waals surface area (Å²) in [6.45, 7) is 0.384. The molecule has 0 bridgehead atoms. The molecule has 2 aliphatic heterocycles. The molecule has 0 spiro atoms. The normalized spacial score (nSPS) is 13.4. The lowest BCUT2D eigenvalue weighted by Gasteiger charge is -2.10. The molecule has 0 saturated carbocycles. The molecule has 0 aromatic heterocycles. The predicted molar refractivity (Wildman–Crippen MR) is 127 cm³/mol. The van der Waals surface area contributed by atoms with Gasteiger partial charge in [-0.1, -0.05) is 24.3 Å². The Morgan fingerprint density at radius 2 is 1.06 bits per heavy atom. The summed E-state index contributed by atoms with van der Waals surface area (Å²) in [5, 5.41) is 5.58. The molecule has 0 fully saturated rings. The maximum absolute atomic E-state index is 12.5. The fourth-order valence-corrected chi connectivity index (χ4v) is 3.43. The summed E-state index contributed by atoms with van der Waals surface area (Å²) in [6, 6.07) is 17.8. The van der Waals surface area contributed by atoms with Crippen LogP contribution in [0.3, 0.4) is 0 Å². The number of nitrogens with one attached hydrogen (secondary N) is 2. The molecule has 0 aliphatic carbocycles. The number of amides is 2. The Balaban J connectivity index is 1.21. The highest BCUT2D eigenvalue weighted by Gasteiger charge is 2.13. The lowest BCUT2D eigenvalue weighted by atomic mass is 10.2. The summed E-state index contributed by atoms with van der Waals surface area (Å²) < 4.78 is 21.3. The van der Waals surface area contributed by atoms with Crippen molar-refractivity contribution in [3.05, 3.63) is 83.9 Å². The average Bonchev–Trinajstić information content (AvgIpc) is 3.51. The lowest BCUT2D eigenvalue weighted by Crippen LogP contribution is -2.13. The van der Waals surface area contributed by atoms with Crippen molar-refractivity contribution >= 4 is 35.3 Å². The van der Waals surface area contributed by atoms with E-state index in [1.807, 2.05) is 12.1 Å². The molecule has 2 N–H and O–H groups in total. The second-order valence-electron chi connectivity index (χ2n) is 7.42. The van der Waals surface area contributed by atoms with Gasteiger partial charge in [-0.25, -0.2) is 0 Å². The van der Waals surface area contributed by atoms with Gasteiger partial charge in [0.05, 0.1) is 11.4 Å². The van der Waals surface area contributed by atoms with E-state index in [2.05, 4.69) is 10.6 Å². The largest absolute Gasteiger partial charge is 0.454 e. The molecule has 2 aliphatic rings. The first kappa shape index (κ1) is 21.1. The van der Waals surface area contributed by atoms with Crippen molar-refractivity contribution in [2.45, 2.75) is 0 Å². The topological polar surface area (TPSA) is 95.1 Å². The predicted octanol–water partition coefficient (Wildman–Crippen LogP) is 4.45. The number of anilines is 2. The van der Waals surface area contributed by atoms with Gasteiger partial charge in [0.25, 0.3) is 0 Å². The van der Waals surface area contributed by atoms with Crippen molar-refractivity contribution in [1.82, 2.24) is 0 Å². The van der Waals surface area contributed by atoms with Gasteiger partial charge in [0, 0.05) is 12.2 Å². The standard InChI is InChI=1S/C26H20N2O6/c29-25(11-7-17-5-9-21-23(13-17)33-15-31-21)27-19-3-1-2-4-20(19)28-26(30)12-8-18-6-10-22-24(14-18)34-16-32-22/h1-14H,15-16H2,(H,27,29)(H,28,30)/b11-7-,12-8-. The average molecular weight is 456 g/mol. The van der Waals surface area contributed by atoms with Crippen LogP contribution in [0.15, 0.2) is 72.8 Å². The van der Waals surface area contributed by atoms with Crippen molar-refractivity contribution in [3.63, 3.8) is 0 Å². The van der Waals surface area contributed by atoms with E-state index in [-0.39, 0.29) is 25.4 Å². The summed E-state index contributed by atoms with van der Waals surface area (Å²) in [7, 11) is 0. The van der Waals surface area contributed by atoms with Crippen LogP contribution in [0.5, 0.6) is 23.0 Å². The van der Waals surface area contributed by atoms with Gasteiger partial charge in [0.1, 0.15) is 0 Å². The highest BCUT2D eigenvalue weighted by atomic mass is 16.7. The SMILES string of the molecule is O=C(/C=C\c1ccc2c(c1)OCO2)Nc1ccccc1NC(=O)/C=C\c1ccc2c(c1)OCO2. The maximum atomic E-state index is 12.5.